The summed E-state index contributed by atoms with van der Waals surface area (Å²) in [4.78, 5) is 22.4. The summed E-state index contributed by atoms with van der Waals surface area (Å²) in [5.74, 6) is 0.446. The van der Waals surface area contributed by atoms with Crippen LogP contribution in [0, 0.1) is 0 Å². The standard InChI is InChI=1S/C11H18ClN5O/c1-16-3-4-17(2)8(6-16)5-13-10-9(12)11(18)15-7-14-10/h7-8H,3-6H2,1-2H3,(H2,13,14,15,18). The van der Waals surface area contributed by atoms with Gasteiger partial charge < -0.3 is 15.2 Å². The van der Waals surface area contributed by atoms with E-state index in [0.717, 1.165) is 26.2 Å². The summed E-state index contributed by atoms with van der Waals surface area (Å²) in [5.41, 5.74) is -0.316. The van der Waals surface area contributed by atoms with Crippen LogP contribution in [-0.2, 0) is 0 Å². The fraction of sp³-hybridized carbons (Fsp3) is 0.636. The van der Waals surface area contributed by atoms with Gasteiger partial charge in [-0.2, -0.15) is 0 Å². The molecule has 6 nitrogen and oxygen atoms in total. The van der Waals surface area contributed by atoms with Crippen molar-refractivity contribution in [2.24, 2.45) is 0 Å². The maximum atomic E-state index is 11.3. The first-order valence-corrected chi connectivity index (χ1v) is 6.31. The first-order valence-electron chi connectivity index (χ1n) is 5.93. The van der Waals surface area contributed by atoms with E-state index >= 15 is 0 Å². The molecule has 2 N–H and O–H groups in total. The summed E-state index contributed by atoms with van der Waals surface area (Å²) < 4.78 is 0. The van der Waals surface area contributed by atoms with E-state index in [2.05, 4.69) is 39.2 Å². The zero-order valence-electron chi connectivity index (χ0n) is 10.6. The molecule has 100 valence electrons. The highest BCUT2D eigenvalue weighted by molar-refractivity contribution is 6.32. The Kier molecular flexibility index (Phi) is 4.21. The molecule has 1 aromatic heterocycles. The molecule has 0 aromatic carbocycles. The van der Waals surface area contributed by atoms with Crippen molar-refractivity contribution < 1.29 is 0 Å². The molecular formula is C11H18ClN5O. The molecule has 0 amide bonds. The third-order valence-electron chi connectivity index (χ3n) is 3.28. The van der Waals surface area contributed by atoms with Crippen molar-refractivity contribution in [2.75, 3.05) is 45.6 Å². The fourth-order valence-electron chi connectivity index (χ4n) is 2.04. The van der Waals surface area contributed by atoms with Gasteiger partial charge in [0.05, 0.1) is 6.33 Å². The van der Waals surface area contributed by atoms with Crippen LogP contribution in [0.5, 0.6) is 0 Å². The van der Waals surface area contributed by atoms with E-state index < -0.39 is 0 Å². The van der Waals surface area contributed by atoms with Gasteiger partial charge in [-0.3, -0.25) is 9.69 Å². The number of aromatic nitrogens is 2. The molecular weight excluding hydrogens is 254 g/mol. The number of rotatable bonds is 3. The lowest BCUT2D eigenvalue weighted by molar-refractivity contribution is 0.122. The number of halogens is 1. The molecule has 18 heavy (non-hydrogen) atoms. The zero-order valence-corrected chi connectivity index (χ0v) is 11.4. The second kappa shape index (κ2) is 5.69. The minimum Gasteiger partial charge on any atom is -0.367 e. The lowest BCUT2D eigenvalue weighted by Crippen LogP contribution is -2.52. The molecule has 0 bridgehead atoms. The Balaban J connectivity index is 1.98. The molecule has 0 radical (unpaired) electrons. The number of hydrogen-bond donors (Lipinski definition) is 2. The molecule has 0 spiro atoms. The van der Waals surface area contributed by atoms with Gasteiger partial charge in [-0.05, 0) is 14.1 Å². The predicted octanol–water partition coefficient (Wildman–Crippen LogP) is 0.0810. The van der Waals surface area contributed by atoms with E-state index in [4.69, 9.17) is 11.6 Å². The summed E-state index contributed by atoms with van der Waals surface area (Å²) in [6.07, 6.45) is 1.35. The topological polar surface area (TPSA) is 64.3 Å². The average molecular weight is 272 g/mol. The number of H-pyrrole nitrogens is 1. The summed E-state index contributed by atoms with van der Waals surface area (Å²) in [6.45, 7) is 3.83. The second-order valence-corrected chi connectivity index (χ2v) is 5.05. The number of hydrogen-bond acceptors (Lipinski definition) is 5. The maximum Gasteiger partial charge on any atom is 0.271 e. The van der Waals surface area contributed by atoms with Gasteiger partial charge in [0.1, 0.15) is 5.02 Å². The Morgan fingerprint density at radius 1 is 1.56 bits per heavy atom. The maximum absolute atomic E-state index is 11.3. The van der Waals surface area contributed by atoms with Crippen molar-refractivity contribution in [3.05, 3.63) is 21.7 Å². The molecule has 1 saturated heterocycles. The van der Waals surface area contributed by atoms with Gasteiger partial charge >= 0.3 is 0 Å². The van der Waals surface area contributed by atoms with E-state index in [-0.39, 0.29) is 10.6 Å². The van der Waals surface area contributed by atoms with E-state index in [1.807, 2.05) is 0 Å². The van der Waals surface area contributed by atoms with Gasteiger partial charge in [0.2, 0.25) is 0 Å². The van der Waals surface area contributed by atoms with Crippen LogP contribution in [0.15, 0.2) is 11.1 Å². The summed E-state index contributed by atoms with van der Waals surface area (Å²) in [6, 6.07) is 0.390. The highest BCUT2D eigenvalue weighted by Crippen LogP contribution is 2.13. The third kappa shape index (κ3) is 3.01. The first kappa shape index (κ1) is 13.3. The lowest BCUT2D eigenvalue weighted by atomic mass is 10.2. The highest BCUT2D eigenvalue weighted by atomic mass is 35.5. The van der Waals surface area contributed by atoms with Crippen molar-refractivity contribution in [3.8, 4) is 0 Å². The van der Waals surface area contributed by atoms with Crippen LogP contribution in [0.1, 0.15) is 0 Å². The Morgan fingerprint density at radius 2 is 2.33 bits per heavy atom. The minimum absolute atomic E-state index is 0.115. The summed E-state index contributed by atoms with van der Waals surface area (Å²) in [5, 5.41) is 3.26. The number of piperazine rings is 1. The predicted molar refractivity (Wildman–Crippen MR) is 72.3 cm³/mol. The number of nitrogens with zero attached hydrogens (tertiary/aromatic N) is 3. The summed E-state index contributed by atoms with van der Waals surface area (Å²) >= 11 is 5.88. The molecule has 0 saturated carbocycles. The van der Waals surface area contributed by atoms with Crippen molar-refractivity contribution in [2.45, 2.75) is 6.04 Å². The molecule has 7 heteroatoms. The highest BCUT2D eigenvalue weighted by Gasteiger charge is 2.22. The smallest absolute Gasteiger partial charge is 0.271 e. The van der Waals surface area contributed by atoms with Gasteiger partial charge in [0, 0.05) is 32.2 Å². The summed E-state index contributed by atoms with van der Waals surface area (Å²) in [7, 11) is 4.21. The second-order valence-electron chi connectivity index (χ2n) is 4.67. The van der Waals surface area contributed by atoms with E-state index in [1.165, 1.54) is 6.33 Å². The normalized spacial score (nSPS) is 22.1. The van der Waals surface area contributed by atoms with Crippen molar-refractivity contribution in [3.63, 3.8) is 0 Å². The molecule has 1 fully saturated rings. The Labute approximate surface area is 111 Å². The molecule has 1 atom stereocenters. The minimum atomic E-state index is -0.316. The molecule has 1 aliphatic heterocycles. The van der Waals surface area contributed by atoms with Crippen LogP contribution in [0.3, 0.4) is 0 Å². The number of likely N-dealkylation sites (N-methyl/N-ethyl adjacent to an activating group) is 2. The van der Waals surface area contributed by atoms with E-state index in [9.17, 15) is 4.79 Å². The third-order valence-corrected chi connectivity index (χ3v) is 3.63. The zero-order chi connectivity index (χ0) is 13.1. The average Bonchev–Trinajstić information content (AvgIpc) is 2.35. The fourth-order valence-corrected chi connectivity index (χ4v) is 2.21. The SMILES string of the molecule is CN1CCN(C)C(CNc2nc[nH]c(=O)c2Cl)C1. The van der Waals surface area contributed by atoms with Gasteiger partial charge in [-0.15, -0.1) is 0 Å². The molecule has 1 unspecified atom stereocenters. The van der Waals surface area contributed by atoms with Crippen LogP contribution in [-0.4, -0.2) is 66.1 Å². The van der Waals surface area contributed by atoms with E-state index in [1.54, 1.807) is 0 Å². The Bertz CT molecular complexity index is 463. The van der Waals surface area contributed by atoms with Crippen LogP contribution in [0.4, 0.5) is 5.82 Å². The van der Waals surface area contributed by atoms with Crippen LogP contribution in [0.2, 0.25) is 5.02 Å². The molecule has 1 aliphatic rings. The van der Waals surface area contributed by atoms with Crippen LogP contribution in [0.25, 0.3) is 0 Å². The molecule has 1 aromatic rings. The van der Waals surface area contributed by atoms with Crippen LogP contribution >= 0.6 is 11.6 Å². The van der Waals surface area contributed by atoms with Crippen LogP contribution < -0.4 is 10.9 Å². The van der Waals surface area contributed by atoms with Crippen molar-refractivity contribution in [1.29, 1.82) is 0 Å². The Morgan fingerprint density at radius 3 is 3.11 bits per heavy atom. The monoisotopic (exact) mass is 271 g/mol. The van der Waals surface area contributed by atoms with Gasteiger partial charge in [-0.1, -0.05) is 11.6 Å². The molecule has 2 rings (SSSR count). The largest absolute Gasteiger partial charge is 0.367 e. The Hall–Kier alpha value is -1.11. The van der Waals surface area contributed by atoms with Crippen molar-refractivity contribution in [1.82, 2.24) is 19.8 Å². The number of anilines is 1. The van der Waals surface area contributed by atoms with Gasteiger partial charge in [-0.25, -0.2) is 4.98 Å². The number of nitrogens with one attached hydrogen (secondary N) is 2. The van der Waals surface area contributed by atoms with E-state index in [0.29, 0.717) is 11.9 Å². The first-order chi connectivity index (χ1) is 8.58. The van der Waals surface area contributed by atoms with Crippen molar-refractivity contribution >= 4 is 17.4 Å². The molecule has 2 heterocycles. The number of aromatic amines is 1. The quantitative estimate of drug-likeness (QED) is 0.815. The van der Waals surface area contributed by atoms with Gasteiger partial charge in [0.25, 0.3) is 5.56 Å². The molecule has 0 aliphatic carbocycles. The van der Waals surface area contributed by atoms with Gasteiger partial charge in [0.15, 0.2) is 5.82 Å². The lowest BCUT2D eigenvalue weighted by Gasteiger charge is -2.37.